The highest BCUT2D eigenvalue weighted by Gasteiger charge is 2.40. The molecule has 3 nitrogen and oxygen atoms in total. The maximum atomic E-state index is 6.16. The molecule has 2 unspecified atom stereocenters. The van der Waals surface area contributed by atoms with Crippen LogP contribution in [0.15, 0.2) is 48.5 Å². The summed E-state index contributed by atoms with van der Waals surface area (Å²) in [6.45, 7) is 0.952. The number of hydrogen-bond acceptors (Lipinski definition) is 2. The van der Waals surface area contributed by atoms with Gasteiger partial charge in [-0.1, -0.05) is 35.9 Å². The number of halogens is 1. The molecular weight excluding hydrogens is 342 g/mol. The van der Waals surface area contributed by atoms with Crippen molar-refractivity contribution in [1.29, 1.82) is 0 Å². The van der Waals surface area contributed by atoms with Crippen molar-refractivity contribution in [3.63, 3.8) is 0 Å². The van der Waals surface area contributed by atoms with Crippen molar-refractivity contribution >= 4 is 22.6 Å². The van der Waals surface area contributed by atoms with E-state index in [0.717, 1.165) is 40.8 Å². The second-order valence-electron chi connectivity index (χ2n) is 7.93. The Morgan fingerprint density at radius 1 is 1.04 bits per heavy atom. The predicted molar refractivity (Wildman–Crippen MR) is 106 cm³/mol. The Morgan fingerprint density at radius 3 is 2.62 bits per heavy atom. The fourth-order valence-electron chi connectivity index (χ4n) is 5.06. The van der Waals surface area contributed by atoms with Gasteiger partial charge >= 0.3 is 0 Å². The minimum atomic E-state index is 0.700. The second kappa shape index (κ2) is 6.71. The van der Waals surface area contributed by atoms with E-state index in [4.69, 9.17) is 16.6 Å². The minimum Gasteiger partial charge on any atom is -0.341 e. The van der Waals surface area contributed by atoms with Gasteiger partial charge in [-0.25, -0.2) is 4.98 Å². The molecule has 1 N–H and O–H groups in total. The molecule has 2 fully saturated rings. The van der Waals surface area contributed by atoms with E-state index in [9.17, 15) is 0 Å². The molecule has 26 heavy (non-hydrogen) atoms. The minimum absolute atomic E-state index is 0.700. The third-order valence-electron chi connectivity index (χ3n) is 6.17. The van der Waals surface area contributed by atoms with Gasteiger partial charge in [0, 0.05) is 17.1 Å². The number of fused-ring (bicyclic) bond motifs is 3. The van der Waals surface area contributed by atoms with Crippen LogP contribution < -0.4 is 0 Å². The molecule has 3 aromatic rings. The van der Waals surface area contributed by atoms with Crippen LogP contribution in [-0.4, -0.2) is 27.0 Å². The van der Waals surface area contributed by atoms with Crippen LogP contribution >= 0.6 is 11.6 Å². The number of nitrogens with one attached hydrogen (secondary N) is 1. The van der Waals surface area contributed by atoms with E-state index in [1.165, 1.54) is 31.2 Å². The maximum Gasteiger partial charge on any atom is 0.121 e. The number of nitrogens with zero attached hydrogens (tertiary/aromatic N) is 2. The third-order valence-corrected chi connectivity index (χ3v) is 6.40. The first-order valence-electron chi connectivity index (χ1n) is 9.68. The van der Waals surface area contributed by atoms with E-state index in [2.05, 4.69) is 52.3 Å². The SMILES string of the molecule is Clc1cccc(CC2CC3CCC(C2)N3Cc2nc3ccccc3[nH]2)c1. The van der Waals surface area contributed by atoms with Crippen molar-refractivity contribution in [2.75, 3.05) is 0 Å². The molecule has 0 amide bonds. The Bertz CT molecular complexity index is 871. The average Bonchev–Trinajstić information content (AvgIpc) is 3.13. The highest BCUT2D eigenvalue weighted by atomic mass is 35.5. The Morgan fingerprint density at radius 2 is 1.85 bits per heavy atom. The lowest BCUT2D eigenvalue weighted by molar-refractivity contribution is 0.0937. The monoisotopic (exact) mass is 365 g/mol. The molecule has 1 aromatic heterocycles. The molecule has 2 atom stereocenters. The fourth-order valence-corrected chi connectivity index (χ4v) is 5.28. The Labute approximate surface area is 159 Å². The first-order chi connectivity index (χ1) is 12.7. The molecule has 0 aliphatic carbocycles. The Kier molecular flexibility index (Phi) is 4.22. The van der Waals surface area contributed by atoms with Crippen molar-refractivity contribution in [2.24, 2.45) is 5.92 Å². The van der Waals surface area contributed by atoms with Crippen LogP contribution in [-0.2, 0) is 13.0 Å². The smallest absolute Gasteiger partial charge is 0.121 e. The van der Waals surface area contributed by atoms with Gasteiger partial charge in [0.05, 0.1) is 17.6 Å². The van der Waals surface area contributed by atoms with Crippen molar-refractivity contribution in [2.45, 2.75) is 50.7 Å². The molecule has 2 aliphatic rings. The van der Waals surface area contributed by atoms with E-state index < -0.39 is 0 Å². The highest BCUT2D eigenvalue weighted by Crippen LogP contribution is 2.40. The molecule has 3 heterocycles. The van der Waals surface area contributed by atoms with Gasteiger partial charge in [-0.15, -0.1) is 0 Å². The maximum absolute atomic E-state index is 6.16. The second-order valence-corrected chi connectivity index (χ2v) is 8.37. The van der Waals surface area contributed by atoms with Crippen LogP contribution in [0.2, 0.25) is 5.02 Å². The average molecular weight is 366 g/mol. The summed E-state index contributed by atoms with van der Waals surface area (Å²) in [5.41, 5.74) is 3.60. The zero-order valence-corrected chi connectivity index (χ0v) is 15.6. The number of piperidine rings is 1. The predicted octanol–water partition coefficient (Wildman–Crippen LogP) is 5.20. The van der Waals surface area contributed by atoms with Crippen molar-refractivity contribution < 1.29 is 0 Å². The van der Waals surface area contributed by atoms with Crippen molar-refractivity contribution in [3.05, 3.63) is 64.9 Å². The lowest BCUT2D eigenvalue weighted by Crippen LogP contribution is -2.42. The number of aromatic nitrogens is 2. The van der Waals surface area contributed by atoms with E-state index in [1.54, 1.807) is 0 Å². The first kappa shape index (κ1) is 16.3. The molecule has 0 radical (unpaired) electrons. The first-order valence-corrected chi connectivity index (χ1v) is 10.1. The molecule has 0 spiro atoms. The van der Waals surface area contributed by atoms with Gasteiger partial charge in [0.1, 0.15) is 5.82 Å². The number of hydrogen-bond donors (Lipinski definition) is 1. The van der Waals surface area contributed by atoms with Gasteiger partial charge in [0.2, 0.25) is 0 Å². The normalized spacial score (nSPS) is 25.8. The number of rotatable bonds is 4. The van der Waals surface area contributed by atoms with Crippen molar-refractivity contribution in [3.8, 4) is 0 Å². The molecule has 2 bridgehead atoms. The molecule has 2 aliphatic heterocycles. The molecule has 2 aromatic carbocycles. The zero-order valence-electron chi connectivity index (χ0n) is 14.9. The van der Waals surface area contributed by atoms with E-state index in [0.29, 0.717) is 12.1 Å². The topological polar surface area (TPSA) is 31.9 Å². The lowest BCUT2D eigenvalue weighted by atomic mass is 9.86. The standard InChI is InChI=1S/C22H24ClN3/c23-17-5-3-4-15(11-17)10-16-12-18-8-9-19(13-16)26(18)14-22-24-20-6-1-2-7-21(20)25-22/h1-7,11,16,18-19H,8-10,12-14H2,(H,24,25). The zero-order chi connectivity index (χ0) is 17.5. The largest absolute Gasteiger partial charge is 0.341 e. The van der Waals surface area contributed by atoms with Crippen LogP contribution in [0.3, 0.4) is 0 Å². The number of aromatic amines is 1. The summed E-state index contributed by atoms with van der Waals surface area (Å²) >= 11 is 6.16. The van der Waals surface area contributed by atoms with Gasteiger partial charge in [0.25, 0.3) is 0 Å². The van der Waals surface area contributed by atoms with Crippen LogP contribution in [0.4, 0.5) is 0 Å². The summed E-state index contributed by atoms with van der Waals surface area (Å²) in [5.74, 6) is 1.88. The van der Waals surface area contributed by atoms with Crippen LogP contribution in [0.5, 0.6) is 0 Å². The van der Waals surface area contributed by atoms with Crippen molar-refractivity contribution in [1.82, 2.24) is 14.9 Å². The van der Waals surface area contributed by atoms with E-state index in [-0.39, 0.29) is 0 Å². The highest BCUT2D eigenvalue weighted by molar-refractivity contribution is 6.30. The Balaban J connectivity index is 1.28. The molecule has 134 valence electrons. The van der Waals surface area contributed by atoms with Gasteiger partial charge in [0.15, 0.2) is 0 Å². The summed E-state index contributed by atoms with van der Waals surface area (Å²) in [5, 5.41) is 0.854. The van der Waals surface area contributed by atoms with Gasteiger partial charge < -0.3 is 4.98 Å². The summed E-state index contributed by atoms with van der Waals surface area (Å²) in [6, 6.07) is 18.1. The van der Waals surface area contributed by atoms with E-state index >= 15 is 0 Å². The summed E-state index contributed by atoms with van der Waals surface area (Å²) in [6.07, 6.45) is 6.41. The molecule has 5 rings (SSSR count). The number of para-hydroxylation sites is 2. The van der Waals surface area contributed by atoms with Crippen LogP contribution in [0, 0.1) is 5.92 Å². The molecule has 4 heteroatoms. The summed E-state index contributed by atoms with van der Waals surface area (Å²) in [7, 11) is 0. The van der Waals surface area contributed by atoms with Gasteiger partial charge in [-0.05, 0) is 67.9 Å². The van der Waals surface area contributed by atoms with E-state index in [1.807, 2.05) is 6.07 Å². The molecule has 0 saturated carbocycles. The number of benzene rings is 2. The third kappa shape index (κ3) is 3.15. The van der Waals surface area contributed by atoms with Gasteiger partial charge in [-0.2, -0.15) is 0 Å². The fraction of sp³-hybridized carbons (Fsp3) is 0.409. The quantitative estimate of drug-likeness (QED) is 0.688. The Hall–Kier alpha value is -1.84. The lowest BCUT2D eigenvalue weighted by Gasteiger charge is -2.38. The molecular formula is C22H24ClN3. The number of H-pyrrole nitrogens is 1. The molecule has 2 saturated heterocycles. The van der Waals surface area contributed by atoms with Crippen LogP contribution in [0.25, 0.3) is 11.0 Å². The summed E-state index contributed by atoms with van der Waals surface area (Å²) in [4.78, 5) is 11.0. The summed E-state index contributed by atoms with van der Waals surface area (Å²) < 4.78 is 0. The number of imidazole rings is 1. The van der Waals surface area contributed by atoms with Crippen LogP contribution in [0.1, 0.15) is 37.1 Å². The van der Waals surface area contributed by atoms with Gasteiger partial charge in [-0.3, -0.25) is 4.90 Å².